The molecule has 0 aromatic rings. The minimum Gasteiger partial charge on any atom is -0.382 e. The van der Waals surface area contributed by atoms with Gasteiger partial charge in [0, 0.05) is 33.3 Å². The summed E-state index contributed by atoms with van der Waals surface area (Å²) in [5.41, 5.74) is 2.71. The van der Waals surface area contributed by atoms with Gasteiger partial charge in [-0.1, -0.05) is 6.92 Å². The fourth-order valence-electron chi connectivity index (χ4n) is 2.20. The van der Waals surface area contributed by atoms with Crippen LogP contribution in [0.5, 0.6) is 0 Å². The quantitative estimate of drug-likeness (QED) is 0.311. The molecule has 1 aliphatic rings. The van der Waals surface area contributed by atoms with Crippen LogP contribution in [0.25, 0.3) is 0 Å². The number of hydrogen-bond donors (Lipinski definition) is 2. The number of ether oxygens (including phenoxy) is 1. The van der Waals surface area contributed by atoms with Crippen LogP contribution in [0.2, 0.25) is 0 Å². The number of methoxy groups -OCH3 is 1. The Morgan fingerprint density at radius 2 is 2.06 bits per heavy atom. The van der Waals surface area contributed by atoms with E-state index in [-0.39, 0.29) is 6.04 Å². The number of nitrogens with one attached hydrogen (secondary N) is 1. The van der Waals surface area contributed by atoms with E-state index in [4.69, 9.17) is 10.6 Å². The molecule has 6 heteroatoms. The van der Waals surface area contributed by atoms with Gasteiger partial charge in [-0.05, 0) is 19.9 Å². The topological polar surface area (TPSA) is 66.1 Å². The number of nitrogens with zero attached hydrogens (tertiary/aromatic N) is 3. The Kier molecular flexibility index (Phi) is 7.00. The predicted molar refractivity (Wildman–Crippen MR) is 74.4 cm³/mol. The normalized spacial score (nSPS) is 20.0. The Labute approximate surface area is 110 Å². The van der Waals surface area contributed by atoms with Crippen molar-refractivity contribution in [2.75, 3.05) is 46.4 Å². The molecule has 0 spiro atoms. The fraction of sp³-hybridized carbons (Fsp3) is 0.917. The van der Waals surface area contributed by atoms with Gasteiger partial charge in [0.2, 0.25) is 5.96 Å². The lowest BCUT2D eigenvalue weighted by Gasteiger charge is -2.36. The summed E-state index contributed by atoms with van der Waals surface area (Å²) in [6.07, 6.45) is 1.21. The molecule has 0 saturated carbocycles. The summed E-state index contributed by atoms with van der Waals surface area (Å²) in [6.45, 7) is 10.1. The number of aliphatic imine (C=N–C) groups is 1. The molecule has 6 nitrogen and oxygen atoms in total. The number of piperazine rings is 1. The van der Waals surface area contributed by atoms with E-state index < -0.39 is 0 Å². The van der Waals surface area contributed by atoms with Crippen LogP contribution in [-0.2, 0) is 4.74 Å². The van der Waals surface area contributed by atoms with Crippen molar-refractivity contribution in [1.29, 1.82) is 0 Å². The molecule has 1 atom stereocenters. The molecule has 0 amide bonds. The van der Waals surface area contributed by atoms with E-state index in [0.29, 0.717) is 6.61 Å². The summed E-state index contributed by atoms with van der Waals surface area (Å²) < 4.78 is 5.08. The molecule has 1 fully saturated rings. The second-order valence-corrected chi connectivity index (χ2v) is 4.73. The highest BCUT2D eigenvalue weighted by molar-refractivity contribution is 5.79. The maximum atomic E-state index is 5.56. The molecule has 0 aromatic carbocycles. The third-order valence-electron chi connectivity index (χ3n) is 3.09. The van der Waals surface area contributed by atoms with Crippen molar-refractivity contribution in [1.82, 2.24) is 15.2 Å². The lowest BCUT2D eigenvalue weighted by Crippen LogP contribution is -2.54. The zero-order valence-electron chi connectivity index (χ0n) is 11.9. The van der Waals surface area contributed by atoms with Crippen LogP contribution in [0.4, 0.5) is 0 Å². The van der Waals surface area contributed by atoms with E-state index in [1.54, 1.807) is 7.11 Å². The number of hydrogen-bond acceptors (Lipinski definition) is 4. The number of rotatable bonds is 5. The van der Waals surface area contributed by atoms with E-state index in [2.05, 4.69) is 27.1 Å². The maximum absolute atomic E-state index is 5.56. The second-order valence-electron chi connectivity index (χ2n) is 4.73. The van der Waals surface area contributed by atoms with Crippen molar-refractivity contribution >= 4 is 5.96 Å². The standard InChI is InChI=1S/C12H27N5O/c1-4-5-16-6-8-17(9-7-16)12(15-13)14-11(2)10-18-3/h11H,4-10,13H2,1-3H3,(H,14,15). The Hall–Kier alpha value is -0.850. The van der Waals surface area contributed by atoms with Crippen molar-refractivity contribution in [3.63, 3.8) is 0 Å². The van der Waals surface area contributed by atoms with Crippen LogP contribution < -0.4 is 11.3 Å². The van der Waals surface area contributed by atoms with E-state index in [1.807, 2.05) is 6.92 Å². The third kappa shape index (κ3) is 4.80. The van der Waals surface area contributed by atoms with Gasteiger partial charge < -0.3 is 9.64 Å². The Morgan fingerprint density at radius 1 is 1.39 bits per heavy atom. The molecule has 0 radical (unpaired) electrons. The molecule has 1 unspecified atom stereocenters. The fourth-order valence-corrected chi connectivity index (χ4v) is 2.20. The van der Waals surface area contributed by atoms with Crippen LogP contribution in [0.3, 0.4) is 0 Å². The molecule has 0 aromatic heterocycles. The average molecular weight is 257 g/mol. The Bertz CT molecular complexity index is 251. The van der Waals surface area contributed by atoms with E-state index in [9.17, 15) is 0 Å². The molecular weight excluding hydrogens is 230 g/mol. The summed E-state index contributed by atoms with van der Waals surface area (Å²) in [7, 11) is 1.69. The monoisotopic (exact) mass is 257 g/mol. The lowest BCUT2D eigenvalue weighted by molar-refractivity contribution is 0.174. The molecule has 0 aliphatic carbocycles. The lowest BCUT2D eigenvalue weighted by atomic mass is 10.3. The highest BCUT2D eigenvalue weighted by Crippen LogP contribution is 2.03. The first-order chi connectivity index (χ1) is 8.71. The first-order valence-corrected chi connectivity index (χ1v) is 6.71. The summed E-state index contributed by atoms with van der Waals surface area (Å²) in [4.78, 5) is 9.22. The van der Waals surface area contributed by atoms with Gasteiger partial charge in [0.05, 0.1) is 12.6 Å². The third-order valence-corrected chi connectivity index (χ3v) is 3.09. The zero-order valence-corrected chi connectivity index (χ0v) is 11.9. The minimum atomic E-state index is 0.120. The van der Waals surface area contributed by atoms with Crippen LogP contribution >= 0.6 is 0 Å². The average Bonchev–Trinajstić information content (AvgIpc) is 2.38. The molecular formula is C12H27N5O. The summed E-state index contributed by atoms with van der Waals surface area (Å²) in [5.74, 6) is 6.34. The van der Waals surface area contributed by atoms with Gasteiger partial charge in [0.15, 0.2) is 0 Å². The van der Waals surface area contributed by atoms with Crippen LogP contribution in [-0.4, -0.2) is 68.2 Å². The van der Waals surface area contributed by atoms with Crippen molar-refractivity contribution in [3.05, 3.63) is 0 Å². The van der Waals surface area contributed by atoms with Crippen LogP contribution in [0, 0.1) is 0 Å². The molecule has 0 bridgehead atoms. The van der Waals surface area contributed by atoms with Crippen molar-refractivity contribution in [2.45, 2.75) is 26.3 Å². The summed E-state index contributed by atoms with van der Waals surface area (Å²) in [5, 5.41) is 0. The molecule has 1 aliphatic heterocycles. The van der Waals surface area contributed by atoms with E-state index in [0.717, 1.165) is 32.1 Å². The highest BCUT2D eigenvalue weighted by Gasteiger charge is 2.19. The maximum Gasteiger partial charge on any atom is 0.208 e. The largest absolute Gasteiger partial charge is 0.382 e. The van der Waals surface area contributed by atoms with Crippen LogP contribution in [0.15, 0.2) is 4.99 Å². The van der Waals surface area contributed by atoms with Crippen molar-refractivity contribution < 1.29 is 4.74 Å². The summed E-state index contributed by atoms with van der Waals surface area (Å²) in [6, 6.07) is 0.120. The number of nitrogens with two attached hydrogens (primary N) is 1. The van der Waals surface area contributed by atoms with E-state index >= 15 is 0 Å². The van der Waals surface area contributed by atoms with Gasteiger partial charge in [-0.25, -0.2) is 10.8 Å². The number of hydrazine groups is 1. The van der Waals surface area contributed by atoms with Gasteiger partial charge >= 0.3 is 0 Å². The molecule has 106 valence electrons. The second kappa shape index (κ2) is 8.29. The molecule has 1 saturated heterocycles. The van der Waals surface area contributed by atoms with E-state index in [1.165, 1.54) is 13.0 Å². The zero-order chi connectivity index (χ0) is 13.4. The number of guanidine groups is 1. The predicted octanol–water partition coefficient (Wildman–Crippen LogP) is -0.132. The molecule has 3 N–H and O–H groups in total. The summed E-state index contributed by atoms with van der Waals surface area (Å²) >= 11 is 0. The van der Waals surface area contributed by atoms with Crippen molar-refractivity contribution in [3.8, 4) is 0 Å². The molecule has 1 heterocycles. The van der Waals surface area contributed by atoms with Gasteiger partial charge in [-0.2, -0.15) is 0 Å². The van der Waals surface area contributed by atoms with Crippen LogP contribution in [0.1, 0.15) is 20.3 Å². The van der Waals surface area contributed by atoms with Gasteiger partial charge in [0.1, 0.15) is 0 Å². The SMILES string of the molecule is CCCN1CCN(C(=NC(C)COC)NN)CC1. The first kappa shape index (κ1) is 15.2. The van der Waals surface area contributed by atoms with Crippen molar-refractivity contribution in [2.24, 2.45) is 10.8 Å². The Morgan fingerprint density at radius 3 is 2.56 bits per heavy atom. The smallest absolute Gasteiger partial charge is 0.208 e. The molecule has 1 rings (SSSR count). The van der Waals surface area contributed by atoms with Gasteiger partial charge in [0.25, 0.3) is 0 Å². The minimum absolute atomic E-state index is 0.120. The Balaban J connectivity index is 2.47. The first-order valence-electron chi connectivity index (χ1n) is 6.71. The van der Waals surface area contributed by atoms with Gasteiger partial charge in [-0.15, -0.1) is 0 Å². The highest BCUT2D eigenvalue weighted by atomic mass is 16.5. The van der Waals surface area contributed by atoms with Gasteiger partial charge in [-0.3, -0.25) is 10.3 Å². The molecule has 18 heavy (non-hydrogen) atoms.